The fraction of sp³-hybridized carbons (Fsp3) is 0.636. The van der Waals surface area contributed by atoms with Crippen molar-refractivity contribution < 1.29 is 4.42 Å². The molecule has 0 amide bonds. The number of hydrogen-bond donors (Lipinski definition) is 0. The fourth-order valence-electron chi connectivity index (χ4n) is 1.54. The van der Waals surface area contributed by atoms with E-state index in [2.05, 4.69) is 27.7 Å². The Morgan fingerprint density at radius 2 is 2.08 bits per heavy atom. The summed E-state index contributed by atoms with van der Waals surface area (Å²) in [4.78, 5) is 0. The van der Waals surface area contributed by atoms with Gasteiger partial charge in [-0.3, -0.25) is 0 Å². The lowest BCUT2D eigenvalue weighted by Crippen LogP contribution is -1.96. The molecule has 0 N–H and O–H groups in total. The van der Waals surface area contributed by atoms with Crippen molar-refractivity contribution in [3.8, 4) is 0 Å². The van der Waals surface area contributed by atoms with E-state index in [0.29, 0.717) is 5.92 Å². The first-order valence-electron chi connectivity index (χ1n) is 4.71. The van der Waals surface area contributed by atoms with Crippen molar-refractivity contribution in [1.82, 2.24) is 0 Å². The molecule has 1 aromatic rings. The van der Waals surface area contributed by atoms with Gasteiger partial charge < -0.3 is 4.42 Å². The zero-order valence-electron chi connectivity index (χ0n) is 8.48. The van der Waals surface area contributed by atoms with E-state index >= 15 is 0 Å². The maximum atomic E-state index is 5.50. The highest BCUT2D eigenvalue weighted by atomic mass is 16.3. The van der Waals surface area contributed by atoms with Crippen molar-refractivity contribution in [2.24, 2.45) is 5.92 Å². The van der Waals surface area contributed by atoms with Gasteiger partial charge >= 0.3 is 0 Å². The van der Waals surface area contributed by atoms with Crippen molar-refractivity contribution in [1.29, 1.82) is 0 Å². The minimum absolute atomic E-state index is 0.681. The molecule has 0 aromatic carbocycles. The predicted molar refractivity (Wildman–Crippen MR) is 51.4 cm³/mol. The molecule has 0 saturated carbocycles. The van der Waals surface area contributed by atoms with Crippen LogP contribution in [0.15, 0.2) is 10.7 Å². The summed E-state index contributed by atoms with van der Waals surface area (Å²) in [5, 5.41) is 0. The third-order valence-corrected chi connectivity index (χ3v) is 2.14. The molecule has 1 aromatic heterocycles. The van der Waals surface area contributed by atoms with E-state index in [1.165, 1.54) is 16.9 Å². The molecule has 0 saturated heterocycles. The summed E-state index contributed by atoms with van der Waals surface area (Å²) in [6, 6.07) is 0. The van der Waals surface area contributed by atoms with Crippen molar-refractivity contribution in [2.45, 2.75) is 40.5 Å². The lowest BCUT2D eigenvalue weighted by molar-refractivity contribution is 0.468. The highest BCUT2D eigenvalue weighted by Gasteiger charge is 2.09. The van der Waals surface area contributed by atoms with Gasteiger partial charge in [-0.1, -0.05) is 20.8 Å². The fourth-order valence-corrected chi connectivity index (χ4v) is 1.54. The maximum absolute atomic E-state index is 5.50. The molecule has 0 aliphatic carbocycles. The molecule has 1 nitrogen and oxygen atoms in total. The molecule has 68 valence electrons. The quantitative estimate of drug-likeness (QED) is 0.671. The first kappa shape index (κ1) is 9.37. The minimum atomic E-state index is 0.681. The van der Waals surface area contributed by atoms with Crippen LogP contribution in [0.5, 0.6) is 0 Å². The van der Waals surface area contributed by atoms with Crippen molar-refractivity contribution in [3.05, 3.63) is 23.2 Å². The summed E-state index contributed by atoms with van der Waals surface area (Å²) in [5.74, 6) is 1.87. The number of furan rings is 1. The van der Waals surface area contributed by atoms with E-state index < -0.39 is 0 Å². The maximum Gasteiger partial charge on any atom is 0.107 e. The Kier molecular flexibility index (Phi) is 2.96. The monoisotopic (exact) mass is 166 g/mol. The summed E-state index contributed by atoms with van der Waals surface area (Å²) in [5.41, 5.74) is 2.71. The van der Waals surface area contributed by atoms with Crippen molar-refractivity contribution >= 4 is 0 Å². The Morgan fingerprint density at radius 1 is 1.42 bits per heavy atom. The largest absolute Gasteiger partial charge is 0.469 e. The second kappa shape index (κ2) is 3.79. The van der Waals surface area contributed by atoms with Gasteiger partial charge in [-0.25, -0.2) is 0 Å². The predicted octanol–water partition coefficient (Wildman–Crippen LogP) is 3.35. The van der Waals surface area contributed by atoms with Crippen LogP contribution in [0, 0.1) is 12.8 Å². The number of rotatable bonds is 3. The molecule has 0 aliphatic heterocycles. The first-order valence-corrected chi connectivity index (χ1v) is 4.71. The lowest BCUT2D eigenvalue weighted by Gasteiger charge is -2.03. The molecular weight excluding hydrogens is 148 g/mol. The van der Waals surface area contributed by atoms with Crippen LogP contribution >= 0.6 is 0 Å². The zero-order valence-corrected chi connectivity index (χ0v) is 8.48. The first-order chi connectivity index (χ1) is 5.65. The molecule has 0 bridgehead atoms. The van der Waals surface area contributed by atoms with Crippen LogP contribution in [0.1, 0.15) is 37.7 Å². The molecular formula is C11H18O. The average molecular weight is 166 g/mol. The summed E-state index contributed by atoms with van der Waals surface area (Å²) < 4.78 is 5.50. The van der Waals surface area contributed by atoms with E-state index in [1.54, 1.807) is 0 Å². The van der Waals surface area contributed by atoms with Crippen LogP contribution < -0.4 is 0 Å². The average Bonchev–Trinajstić information content (AvgIpc) is 2.30. The van der Waals surface area contributed by atoms with Crippen LogP contribution in [0.2, 0.25) is 0 Å². The van der Waals surface area contributed by atoms with Gasteiger partial charge in [0.2, 0.25) is 0 Å². The van der Waals surface area contributed by atoms with Gasteiger partial charge in [0, 0.05) is 6.42 Å². The molecule has 1 heteroatoms. The third kappa shape index (κ3) is 1.90. The second-order valence-corrected chi connectivity index (χ2v) is 3.77. The summed E-state index contributed by atoms with van der Waals surface area (Å²) >= 11 is 0. The van der Waals surface area contributed by atoms with Crippen molar-refractivity contribution in [3.63, 3.8) is 0 Å². The van der Waals surface area contributed by atoms with Crippen LogP contribution in [-0.2, 0) is 12.8 Å². The Bertz CT molecular complexity index is 246. The number of hydrogen-bond acceptors (Lipinski definition) is 1. The Labute approximate surface area is 74.8 Å². The molecule has 0 aliphatic rings. The molecule has 1 heterocycles. The van der Waals surface area contributed by atoms with E-state index in [1.807, 2.05) is 6.26 Å². The van der Waals surface area contributed by atoms with E-state index in [0.717, 1.165) is 12.8 Å². The molecule has 0 atom stereocenters. The van der Waals surface area contributed by atoms with Gasteiger partial charge in [0.15, 0.2) is 0 Å². The molecule has 0 unspecified atom stereocenters. The van der Waals surface area contributed by atoms with Gasteiger partial charge in [-0.15, -0.1) is 0 Å². The molecule has 1 rings (SSSR count). The summed E-state index contributed by atoms with van der Waals surface area (Å²) in [6.45, 7) is 8.74. The summed E-state index contributed by atoms with van der Waals surface area (Å²) in [7, 11) is 0. The van der Waals surface area contributed by atoms with Crippen LogP contribution in [-0.4, -0.2) is 0 Å². The van der Waals surface area contributed by atoms with Crippen LogP contribution in [0.3, 0.4) is 0 Å². The highest BCUT2D eigenvalue weighted by molar-refractivity contribution is 5.26. The van der Waals surface area contributed by atoms with Crippen LogP contribution in [0.25, 0.3) is 0 Å². The molecule has 12 heavy (non-hydrogen) atoms. The van der Waals surface area contributed by atoms with Crippen LogP contribution in [0.4, 0.5) is 0 Å². The van der Waals surface area contributed by atoms with Crippen molar-refractivity contribution in [2.75, 3.05) is 0 Å². The molecule has 0 fully saturated rings. The van der Waals surface area contributed by atoms with E-state index in [4.69, 9.17) is 4.42 Å². The van der Waals surface area contributed by atoms with Gasteiger partial charge in [0.05, 0.1) is 6.26 Å². The number of aryl methyl sites for hydroxylation is 1. The van der Waals surface area contributed by atoms with E-state index in [9.17, 15) is 0 Å². The topological polar surface area (TPSA) is 13.1 Å². The Hall–Kier alpha value is -0.720. The van der Waals surface area contributed by atoms with Gasteiger partial charge in [-0.05, 0) is 30.4 Å². The van der Waals surface area contributed by atoms with Gasteiger partial charge in [-0.2, -0.15) is 0 Å². The zero-order chi connectivity index (χ0) is 9.14. The molecule has 0 radical (unpaired) electrons. The normalized spacial score (nSPS) is 11.1. The standard InChI is InChI=1S/C11H18O/c1-5-10-9(4)7-12-11(10)6-8(2)3/h7-8H,5-6H2,1-4H3. The smallest absolute Gasteiger partial charge is 0.107 e. The second-order valence-electron chi connectivity index (χ2n) is 3.77. The molecule has 0 spiro atoms. The highest BCUT2D eigenvalue weighted by Crippen LogP contribution is 2.19. The van der Waals surface area contributed by atoms with Gasteiger partial charge in [0.25, 0.3) is 0 Å². The minimum Gasteiger partial charge on any atom is -0.469 e. The third-order valence-electron chi connectivity index (χ3n) is 2.14. The Balaban J connectivity index is 2.84. The SMILES string of the molecule is CCc1c(C)coc1CC(C)C. The summed E-state index contributed by atoms with van der Waals surface area (Å²) in [6.07, 6.45) is 4.03. The Morgan fingerprint density at radius 3 is 2.58 bits per heavy atom. The van der Waals surface area contributed by atoms with Gasteiger partial charge in [0.1, 0.15) is 5.76 Å². The lowest BCUT2D eigenvalue weighted by atomic mass is 10.0. The van der Waals surface area contributed by atoms with E-state index in [-0.39, 0.29) is 0 Å².